The molecule has 1 fully saturated rings. The lowest BCUT2D eigenvalue weighted by molar-refractivity contribution is -0.167. The average molecular weight is 545 g/mol. The molecule has 1 unspecified atom stereocenters. The molecular weight excluding hydrogens is 504 g/mol. The fourth-order valence-corrected chi connectivity index (χ4v) is 6.50. The van der Waals surface area contributed by atoms with Gasteiger partial charge in [-0.05, 0) is 88.0 Å². The summed E-state index contributed by atoms with van der Waals surface area (Å²) in [6, 6.07) is 8.43. The molecule has 212 valence electrons. The molecule has 0 radical (unpaired) electrons. The normalized spacial score (nSPS) is 19.9. The first-order valence-electron chi connectivity index (χ1n) is 14.6. The highest BCUT2D eigenvalue weighted by atomic mass is 16.6. The summed E-state index contributed by atoms with van der Waals surface area (Å²) in [6.07, 6.45) is 8.29. The summed E-state index contributed by atoms with van der Waals surface area (Å²) in [7, 11) is 0. The lowest BCUT2D eigenvalue weighted by atomic mass is 9.76. The van der Waals surface area contributed by atoms with Gasteiger partial charge in [-0.2, -0.15) is 4.98 Å². The first kappa shape index (κ1) is 28.0. The summed E-state index contributed by atoms with van der Waals surface area (Å²) in [4.78, 5) is 33.9. The fraction of sp³-hybridized carbons (Fsp3) is 0.531. The van der Waals surface area contributed by atoms with Crippen molar-refractivity contribution in [3.63, 3.8) is 0 Å². The highest BCUT2D eigenvalue weighted by Crippen LogP contribution is 2.46. The van der Waals surface area contributed by atoms with Crippen molar-refractivity contribution in [2.24, 2.45) is 5.92 Å². The van der Waals surface area contributed by atoms with E-state index in [1.807, 2.05) is 19.9 Å². The number of aromatic nitrogens is 4. The minimum Gasteiger partial charge on any atom is -0.512 e. The van der Waals surface area contributed by atoms with Gasteiger partial charge in [0.05, 0.1) is 5.57 Å². The van der Waals surface area contributed by atoms with Crippen LogP contribution in [-0.4, -0.2) is 42.0 Å². The number of Topliss-reactive ketones (excluding diaryl/α,β-unsaturated/α-hetero) is 1. The topological polar surface area (TPSA) is 107 Å². The number of nitrogens with zero attached hydrogens (tertiary/aromatic N) is 4. The molecule has 40 heavy (non-hydrogen) atoms. The summed E-state index contributed by atoms with van der Waals surface area (Å²) >= 11 is 0. The van der Waals surface area contributed by atoms with Crippen LogP contribution in [0.15, 0.2) is 35.6 Å². The van der Waals surface area contributed by atoms with Crippen LogP contribution < -0.4 is 0 Å². The second-order valence-electron chi connectivity index (χ2n) is 11.7. The van der Waals surface area contributed by atoms with Crippen LogP contribution in [0.2, 0.25) is 0 Å². The zero-order valence-electron chi connectivity index (χ0n) is 24.1. The van der Waals surface area contributed by atoms with E-state index in [2.05, 4.69) is 40.2 Å². The van der Waals surface area contributed by atoms with Crippen molar-refractivity contribution < 1.29 is 19.4 Å². The molecule has 0 amide bonds. The van der Waals surface area contributed by atoms with Crippen LogP contribution in [0.1, 0.15) is 92.7 Å². The maximum atomic E-state index is 13.5. The van der Waals surface area contributed by atoms with Crippen LogP contribution in [0.25, 0.3) is 5.78 Å². The van der Waals surface area contributed by atoms with Crippen molar-refractivity contribution in [1.29, 1.82) is 0 Å². The number of hydrogen-bond donors (Lipinski definition) is 1. The Bertz CT molecular complexity index is 1470. The highest BCUT2D eigenvalue weighted by molar-refractivity contribution is 5.90. The smallest absolute Gasteiger partial charge is 0.338 e. The maximum Gasteiger partial charge on any atom is 0.338 e. The van der Waals surface area contributed by atoms with E-state index >= 15 is 0 Å². The van der Waals surface area contributed by atoms with Crippen LogP contribution in [-0.2, 0) is 40.0 Å². The summed E-state index contributed by atoms with van der Waals surface area (Å²) in [5.41, 5.74) is 4.95. The Morgan fingerprint density at radius 1 is 1.12 bits per heavy atom. The summed E-state index contributed by atoms with van der Waals surface area (Å²) < 4.78 is 7.98. The Morgan fingerprint density at radius 3 is 2.60 bits per heavy atom. The molecule has 1 aromatic carbocycles. The maximum absolute atomic E-state index is 13.5. The number of ketones is 1. The second-order valence-corrected chi connectivity index (χ2v) is 11.7. The molecule has 0 saturated heterocycles. The third-order valence-corrected chi connectivity index (χ3v) is 8.69. The van der Waals surface area contributed by atoms with Crippen molar-refractivity contribution in [3.8, 4) is 0 Å². The van der Waals surface area contributed by atoms with Crippen LogP contribution in [0.4, 0.5) is 0 Å². The quantitative estimate of drug-likeness (QED) is 0.327. The molecule has 1 aliphatic heterocycles. The molecule has 8 nitrogen and oxygen atoms in total. The van der Waals surface area contributed by atoms with Crippen molar-refractivity contribution >= 4 is 17.5 Å². The Hall–Kier alpha value is -3.55. The lowest BCUT2D eigenvalue weighted by Crippen LogP contribution is -2.46. The third-order valence-electron chi connectivity index (χ3n) is 8.69. The van der Waals surface area contributed by atoms with E-state index in [1.54, 1.807) is 11.4 Å². The van der Waals surface area contributed by atoms with E-state index in [0.717, 1.165) is 56.3 Å². The molecule has 1 N–H and O–H groups in total. The minimum atomic E-state index is -0.720. The van der Waals surface area contributed by atoms with Gasteiger partial charge in [0.2, 0.25) is 0 Å². The summed E-state index contributed by atoms with van der Waals surface area (Å²) in [6.45, 7) is 7.62. The number of carbonyl (C=O) groups excluding carboxylic acids is 2. The van der Waals surface area contributed by atoms with Gasteiger partial charge in [0.15, 0.2) is 5.82 Å². The number of benzene rings is 1. The highest BCUT2D eigenvalue weighted by Gasteiger charge is 2.48. The fourth-order valence-electron chi connectivity index (χ4n) is 6.50. The van der Waals surface area contributed by atoms with E-state index in [-0.39, 0.29) is 29.5 Å². The zero-order chi connectivity index (χ0) is 28.4. The van der Waals surface area contributed by atoms with Gasteiger partial charge in [0.25, 0.3) is 5.78 Å². The summed E-state index contributed by atoms with van der Waals surface area (Å²) in [5, 5.41) is 15.8. The van der Waals surface area contributed by atoms with Gasteiger partial charge in [0.1, 0.15) is 17.1 Å². The van der Waals surface area contributed by atoms with Crippen LogP contribution in [0, 0.1) is 19.8 Å². The van der Waals surface area contributed by atoms with Crippen LogP contribution in [0.5, 0.6) is 0 Å². The zero-order valence-corrected chi connectivity index (χ0v) is 24.1. The van der Waals surface area contributed by atoms with Gasteiger partial charge in [0, 0.05) is 30.7 Å². The van der Waals surface area contributed by atoms with Gasteiger partial charge in [-0.25, -0.2) is 14.3 Å². The van der Waals surface area contributed by atoms with Gasteiger partial charge in [-0.15, -0.1) is 5.10 Å². The third kappa shape index (κ3) is 5.81. The first-order valence-corrected chi connectivity index (χ1v) is 14.6. The van der Waals surface area contributed by atoms with E-state index in [1.165, 1.54) is 16.7 Å². The Morgan fingerprint density at radius 2 is 1.90 bits per heavy atom. The lowest BCUT2D eigenvalue weighted by Gasteiger charge is -2.41. The second kappa shape index (κ2) is 11.5. The number of ether oxygens (including phenoxy) is 1. The molecule has 0 spiro atoms. The van der Waals surface area contributed by atoms with Gasteiger partial charge >= 0.3 is 5.97 Å². The van der Waals surface area contributed by atoms with Gasteiger partial charge in [-0.3, -0.25) is 0 Å². The Labute approximate surface area is 235 Å². The minimum absolute atomic E-state index is 0.0942. The molecular formula is C32H40N4O4. The number of aliphatic hydroxyl groups is 1. The molecule has 5 rings (SSSR count). The van der Waals surface area contributed by atoms with Crippen molar-refractivity contribution in [2.45, 2.75) is 104 Å². The van der Waals surface area contributed by atoms with Crippen LogP contribution >= 0.6 is 0 Å². The predicted molar refractivity (Wildman–Crippen MR) is 152 cm³/mol. The SMILES string of the molecule is CCc1cc(CCC2(C3CCCC3)CC(O)=C(Cc3nc4nc(C)cc(C)n4n3)C(=O)O2)ccc1CCC(C)=O. The number of fused-ring (bicyclic) bond motifs is 1. The number of hydrogen-bond acceptors (Lipinski definition) is 7. The number of aryl methyl sites for hydroxylation is 5. The van der Waals surface area contributed by atoms with Crippen molar-refractivity contribution in [3.05, 3.63) is 69.5 Å². The predicted octanol–water partition coefficient (Wildman–Crippen LogP) is 5.69. The van der Waals surface area contributed by atoms with Crippen molar-refractivity contribution in [1.82, 2.24) is 19.6 Å². The molecule has 1 saturated carbocycles. The first-order chi connectivity index (χ1) is 19.2. The molecule has 1 aliphatic carbocycles. The standard InChI is InChI=1S/C32H40N4O4/c1-5-24-17-23(11-13-25(24)12-10-22(4)37)14-15-32(26-8-6-7-9-26)19-28(38)27(30(39)40-32)18-29-34-31-33-20(2)16-21(3)36(31)35-29/h11,13,16-17,26,38H,5-10,12,14-15,18-19H2,1-4H3. The number of esters is 1. The number of rotatable bonds is 10. The molecule has 1 atom stereocenters. The van der Waals surface area contributed by atoms with Crippen molar-refractivity contribution in [2.75, 3.05) is 0 Å². The molecule has 2 aliphatic rings. The number of aliphatic hydroxyl groups excluding tert-OH is 1. The molecule has 0 bridgehead atoms. The van der Waals surface area contributed by atoms with Gasteiger partial charge < -0.3 is 14.6 Å². The molecule has 3 aromatic rings. The molecule has 2 aromatic heterocycles. The monoisotopic (exact) mass is 544 g/mol. The largest absolute Gasteiger partial charge is 0.512 e. The van der Waals surface area contributed by atoms with E-state index in [4.69, 9.17) is 4.74 Å². The van der Waals surface area contributed by atoms with Gasteiger partial charge in [-0.1, -0.05) is 38.0 Å². The summed E-state index contributed by atoms with van der Waals surface area (Å²) in [5.74, 6) is 0.973. The Balaban J connectivity index is 1.37. The van der Waals surface area contributed by atoms with E-state index in [9.17, 15) is 14.7 Å². The van der Waals surface area contributed by atoms with Crippen LogP contribution in [0.3, 0.4) is 0 Å². The molecule has 8 heteroatoms. The van der Waals surface area contributed by atoms with E-state index < -0.39 is 11.6 Å². The number of cyclic esters (lactones) is 1. The average Bonchev–Trinajstić information content (AvgIpc) is 3.59. The number of carbonyl (C=O) groups is 2. The van der Waals surface area contributed by atoms with E-state index in [0.29, 0.717) is 30.9 Å². The Kier molecular flexibility index (Phi) is 8.06. The molecule has 3 heterocycles.